The fourth-order valence-electron chi connectivity index (χ4n) is 3.01. The maximum Gasteiger partial charge on any atom is 0.326 e. The van der Waals surface area contributed by atoms with Crippen molar-refractivity contribution in [1.29, 1.82) is 0 Å². The fraction of sp³-hybridized carbons (Fsp3) is 0.429. The SMILES string of the molecule is CNC[C@@H]1CCCN1S(=O)(=O)c1ccc2[nH]c(=O)[nH]c(=O)c2c1. The number of hydrogen-bond acceptors (Lipinski definition) is 5. The van der Waals surface area contributed by atoms with E-state index in [2.05, 4.69) is 15.3 Å². The van der Waals surface area contributed by atoms with Gasteiger partial charge < -0.3 is 10.3 Å². The minimum Gasteiger partial charge on any atom is -0.318 e. The third-order valence-electron chi connectivity index (χ3n) is 4.08. The molecular weight excluding hydrogens is 320 g/mol. The minimum atomic E-state index is -3.68. The monoisotopic (exact) mass is 338 g/mol. The quantitative estimate of drug-likeness (QED) is 0.701. The Morgan fingerprint density at radius 3 is 2.83 bits per heavy atom. The Kier molecular flexibility index (Phi) is 4.09. The van der Waals surface area contributed by atoms with Gasteiger partial charge in [-0.3, -0.25) is 9.78 Å². The van der Waals surface area contributed by atoms with Crippen LogP contribution in [0, 0.1) is 0 Å². The summed E-state index contributed by atoms with van der Waals surface area (Å²) in [6, 6.07) is 4.09. The number of sulfonamides is 1. The molecule has 2 aromatic rings. The van der Waals surface area contributed by atoms with Crippen LogP contribution in [0.25, 0.3) is 10.9 Å². The van der Waals surface area contributed by atoms with Gasteiger partial charge in [0.25, 0.3) is 5.56 Å². The van der Waals surface area contributed by atoms with Crippen molar-refractivity contribution in [2.24, 2.45) is 0 Å². The van der Waals surface area contributed by atoms with Gasteiger partial charge in [-0.25, -0.2) is 13.2 Å². The third-order valence-corrected chi connectivity index (χ3v) is 6.03. The minimum absolute atomic E-state index is 0.0607. The Balaban J connectivity index is 2.08. The van der Waals surface area contributed by atoms with Crippen molar-refractivity contribution in [3.8, 4) is 0 Å². The molecule has 1 saturated heterocycles. The highest BCUT2D eigenvalue weighted by Crippen LogP contribution is 2.26. The number of aromatic nitrogens is 2. The molecule has 0 aliphatic carbocycles. The lowest BCUT2D eigenvalue weighted by Gasteiger charge is -2.24. The van der Waals surface area contributed by atoms with Gasteiger partial charge in [-0.1, -0.05) is 0 Å². The molecule has 1 aliphatic rings. The number of aromatic amines is 2. The Hall–Kier alpha value is -1.97. The van der Waals surface area contributed by atoms with Crippen LogP contribution in [0.4, 0.5) is 0 Å². The normalized spacial score (nSPS) is 19.4. The molecule has 0 spiro atoms. The summed E-state index contributed by atoms with van der Waals surface area (Å²) in [6.07, 6.45) is 1.62. The van der Waals surface area contributed by atoms with Crippen molar-refractivity contribution >= 4 is 20.9 Å². The van der Waals surface area contributed by atoms with Gasteiger partial charge in [-0.15, -0.1) is 0 Å². The molecule has 23 heavy (non-hydrogen) atoms. The fourth-order valence-corrected chi connectivity index (χ4v) is 4.72. The van der Waals surface area contributed by atoms with E-state index in [1.165, 1.54) is 22.5 Å². The molecule has 1 fully saturated rings. The molecule has 0 unspecified atom stereocenters. The molecule has 124 valence electrons. The summed E-state index contributed by atoms with van der Waals surface area (Å²) in [6.45, 7) is 1.05. The molecular formula is C14H18N4O4S. The maximum atomic E-state index is 12.9. The van der Waals surface area contributed by atoms with Crippen LogP contribution in [0.1, 0.15) is 12.8 Å². The zero-order valence-corrected chi connectivity index (χ0v) is 13.4. The van der Waals surface area contributed by atoms with E-state index < -0.39 is 21.3 Å². The standard InChI is InChI=1S/C14H18N4O4S/c1-15-8-9-3-2-6-18(9)23(21,22)10-4-5-12-11(7-10)13(19)17-14(20)16-12/h4-5,7,9,15H,2-3,6,8H2,1H3,(H2,16,17,19,20)/t9-/m0/s1. The van der Waals surface area contributed by atoms with E-state index >= 15 is 0 Å². The van der Waals surface area contributed by atoms with Gasteiger partial charge in [0.2, 0.25) is 10.0 Å². The zero-order valence-electron chi connectivity index (χ0n) is 12.6. The summed E-state index contributed by atoms with van der Waals surface area (Å²) in [5.41, 5.74) is -0.911. The average molecular weight is 338 g/mol. The number of hydrogen-bond donors (Lipinski definition) is 3. The van der Waals surface area contributed by atoms with E-state index in [1.807, 2.05) is 0 Å². The largest absolute Gasteiger partial charge is 0.326 e. The average Bonchev–Trinajstić information content (AvgIpc) is 2.96. The summed E-state index contributed by atoms with van der Waals surface area (Å²) < 4.78 is 27.2. The molecule has 3 rings (SSSR count). The number of fused-ring (bicyclic) bond motifs is 1. The summed E-state index contributed by atoms with van der Waals surface area (Å²) in [4.78, 5) is 27.8. The topological polar surface area (TPSA) is 115 Å². The highest BCUT2D eigenvalue weighted by molar-refractivity contribution is 7.89. The molecule has 2 heterocycles. The zero-order chi connectivity index (χ0) is 16.6. The predicted molar refractivity (Wildman–Crippen MR) is 86.0 cm³/mol. The smallest absolute Gasteiger partial charge is 0.318 e. The molecule has 1 aliphatic heterocycles. The number of nitrogens with zero attached hydrogens (tertiary/aromatic N) is 1. The van der Waals surface area contributed by atoms with Crippen molar-refractivity contribution < 1.29 is 8.42 Å². The van der Waals surface area contributed by atoms with Crippen molar-refractivity contribution in [2.45, 2.75) is 23.8 Å². The highest BCUT2D eigenvalue weighted by atomic mass is 32.2. The van der Waals surface area contributed by atoms with Crippen LogP contribution in [0.5, 0.6) is 0 Å². The van der Waals surface area contributed by atoms with Crippen LogP contribution < -0.4 is 16.6 Å². The lowest BCUT2D eigenvalue weighted by molar-refractivity contribution is 0.379. The number of nitrogens with one attached hydrogen (secondary N) is 3. The number of H-pyrrole nitrogens is 2. The number of likely N-dealkylation sites (N-methyl/N-ethyl adjacent to an activating group) is 1. The molecule has 3 N–H and O–H groups in total. The van der Waals surface area contributed by atoms with Crippen LogP contribution in [0.15, 0.2) is 32.7 Å². The Morgan fingerprint density at radius 1 is 1.30 bits per heavy atom. The Labute approximate surface area is 132 Å². The van der Waals surface area contributed by atoms with Crippen LogP contribution >= 0.6 is 0 Å². The molecule has 0 amide bonds. The summed E-state index contributed by atoms with van der Waals surface area (Å²) >= 11 is 0. The molecule has 9 heteroatoms. The van der Waals surface area contributed by atoms with Gasteiger partial charge in [0.1, 0.15) is 0 Å². The summed E-state index contributed by atoms with van der Waals surface area (Å²) in [7, 11) is -1.89. The first-order valence-electron chi connectivity index (χ1n) is 7.36. The maximum absolute atomic E-state index is 12.9. The third kappa shape index (κ3) is 2.82. The Bertz CT molecular complexity index is 947. The van der Waals surface area contributed by atoms with E-state index in [1.54, 1.807) is 7.05 Å². The lowest BCUT2D eigenvalue weighted by atomic mass is 10.2. The second-order valence-electron chi connectivity index (χ2n) is 5.59. The highest BCUT2D eigenvalue weighted by Gasteiger charge is 2.34. The predicted octanol–water partition coefficient (Wildman–Crippen LogP) is -0.411. The van der Waals surface area contributed by atoms with Crippen LogP contribution in [-0.4, -0.2) is 48.9 Å². The van der Waals surface area contributed by atoms with Crippen molar-refractivity contribution in [3.05, 3.63) is 39.0 Å². The van der Waals surface area contributed by atoms with Crippen LogP contribution in [0.2, 0.25) is 0 Å². The Morgan fingerprint density at radius 2 is 2.09 bits per heavy atom. The van der Waals surface area contributed by atoms with Crippen LogP contribution in [-0.2, 0) is 10.0 Å². The van der Waals surface area contributed by atoms with Gasteiger partial charge in [0.15, 0.2) is 0 Å². The first-order chi connectivity index (χ1) is 10.9. The molecule has 8 nitrogen and oxygen atoms in total. The van der Waals surface area contributed by atoms with Gasteiger partial charge >= 0.3 is 5.69 Å². The van der Waals surface area contributed by atoms with E-state index in [-0.39, 0.29) is 16.3 Å². The van der Waals surface area contributed by atoms with E-state index in [4.69, 9.17) is 0 Å². The second kappa shape index (κ2) is 5.91. The molecule has 1 atom stereocenters. The van der Waals surface area contributed by atoms with Gasteiger partial charge in [0.05, 0.1) is 15.8 Å². The lowest BCUT2D eigenvalue weighted by Crippen LogP contribution is -2.40. The van der Waals surface area contributed by atoms with Gasteiger partial charge in [0, 0.05) is 19.1 Å². The molecule has 1 aromatic carbocycles. The van der Waals surface area contributed by atoms with Crippen molar-refractivity contribution in [2.75, 3.05) is 20.1 Å². The van der Waals surface area contributed by atoms with Gasteiger partial charge in [-0.2, -0.15) is 4.31 Å². The van der Waals surface area contributed by atoms with Crippen molar-refractivity contribution in [3.63, 3.8) is 0 Å². The second-order valence-corrected chi connectivity index (χ2v) is 7.48. The molecule has 1 aromatic heterocycles. The van der Waals surface area contributed by atoms with E-state index in [0.29, 0.717) is 18.6 Å². The molecule has 0 bridgehead atoms. The number of rotatable bonds is 4. The summed E-state index contributed by atoms with van der Waals surface area (Å²) in [5.74, 6) is 0. The molecule has 0 saturated carbocycles. The first-order valence-corrected chi connectivity index (χ1v) is 8.80. The van der Waals surface area contributed by atoms with Crippen molar-refractivity contribution in [1.82, 2.24) is 19.6 Å². The van der Waals surface area contributed by atoms with Crippen LogP contribution in [0.3, 0.4) is 0 Å². The number of benzene rings is 1. The first kappa shape index (κ1) is 15.9. The van der Waals surface area contributed by atoms with Gasteiger partial charge in [-0.05, 0) is 38.1 Å². The molecule has 0 radical (unpaired) electrons. The van der Waals surface area contributed by atoms with E-state index in [9.17, 15) is 18.0 Å². The van der Waals surface area contributed by atoms with E-state index in [0.717, 1.165) is 12.8 Å². The summed E-state index contributed by atoms with van der Waals surface area (Å²) in [5, 5.41) is 3.16.